The molecule has 1 aliphatic heterocycles. The number of rotatable bonds is 9. The van der Waals surface area contributed by atoms with Crippen LogP contribution < -0.4 is 9.64 Å². The quantitative estimate of drug-likeness (QED) is 0.467. The van der Waals surface area contributed by atoms with Crippen molar-refractivity contribution in [1.82, 2.24) is 20.0 Å². The molecule has 1 aromatic carbocycles. The van der Waals surface area contributed by atoms with Crippen LogP contribution in [0.25, 0.3) is 11.3 Å². The highest BCUT2D eigenvalue weighted by atomic mass is 16.5. The molecule has 2 amide bonds. The molecule has 1 fully saturated rings. The van der Waals surface area contributed by atoms with Gasteiger partial charge in [-0.3, -0.25) is 9.59 Å². The lowest BCUT2D eigenvalue weighted by Gasteiger charge is -2.36. The lowest BCUT2D eigenvalue weighted by Crippen LogP contribution is -2.52. The second-order valence-electron chi connectivity index (χ2n) is 8.43. The van der Waals surface area contributed by atoms with Crippen molar-refractivity contribution in [2.75, 3.05) is 51.3 Å². The molecule has 9 nitrogen and oxygen atoms in total. The molecule has 0 N–H and O–H groups in total. The zero-order chi connectivity index (χ0) is 24.6. The summed E-state index contributed by atoms with van der Waals surface area (Å²) in [6.45, 7) is 5.07. The number of carbonyl (C=O) groups is 2. The molecule has 0 unspecified atom stereocenters. The first-order chi connectivity index (χ1) is 17.1. The average molecular weight is 478 g/mol. The van der Waals surface area contributed by atoms with E-state index in [1.807, 2.05) is 41.3 Å². The Morgan fingerprint density at radius 3 is 2.54 bits per heavy atom. The largest absolute Gasteiger partial charge is 0.497 e. The standard InChI is InChI=1S/C26H31N5O4/c1-3-4-12-31(26(33)23-9-6-17-35-23)19-25(32)30-15-13-29(14-16-30)24-11-10-22(27-28-24)20-7-5-8-21(18-20)34-2/h5-11,17-18H,3-4,12-16,19H2,1-2H3. The maximum absolute atomic E-state index is 13.0. The van der Waals surface area contributed by atoms with Crippen LogP contribution in [0.2, 0.25) is 0 Å². The first-order valence-corrected chi connectivity index (χ1v) is 11.9. The van der Waals surface area contributed by atoms with E-state index in [2.05, 4.69) is 22.0 Å². The van der Waals surface area contributed by atoms with Crippen molar-refractivity contribution in [3.8, 4) is 17.0 Å². The van der Waals surface area contributed by atoms with Gasteiger partial charge in [-0.15, -0.1) is 10.2 Å². The Balaban J connectivity index is 1.33. The molecule has 0 aliphatic carbocycles. The van der Waals surface area contributed by atoms with E-state index in [1.54, 1.807) is 24.1 Å². The zero-order valence-electron chi connectivity index (χ0n) is 20.2. The van der Waals surface area contributed by atoms with E-state index >= 15 is 0 Å². The number of amides is 2. The van der Waals surface area contributed by atoms with Gasteiger partial charge < -0.3 is 23.9 Å². The van der Waals surface area contributed by atoms with Gasteiger partial charge in [0.05, 0.1) is 19.1 Å². The van der Waals surface area contributed by atoms with Crippen molar-refractivity contribution in [3.63, 3.8) is 0 Å². The highest BCUT2D eigenvalue weighted by molar-refractivity contribution is 5.94. The van der Waals surface area contributed by atoms with Crippen LogP contribution in [0.5, 0.6) is 5.75 Å². The van der Waals surface area contributed by atoms with Gasteiger partial charge in [-0.05, 0) is 42.8 Å². The maximum atomic E-state index is 13.0. The van der Waals surface area contributed by atoms with E-state index in [0.29, 0.717) is 32.7 Å². The number of piperazine rings is 1. The lowest BCUT2D eigenvalue weighted by atomic mass is 10.1. The van der Waals surface area contributed by atoms with E-state index in [0.717, 1.165) is 35.7 Å². The summed E-state index contributed by atoms with van der Waals surface area (Å²) in [6, 6.07) is 14.9. The van der Waals surface area contributed by atoms with Crippen molar-refractivity contribution < 1.29 is 18.7 Å². The number of hydrogen-bond donors (Lipinski definition) is 0. The number of anilines is 1. The van der Waals surface area contributed by atoms with E-state index in [-0.39, 0.29) is 24.1 Å². The first-order valence-electron chi connectivity index (χ1n) is 11.9. The van der Waals surface area contributed by atoms with Crippen LogP contribution in [-0.2, 0) is 4.79 Å². The summed E-state index contributed by atoms with van der Waals surface area (Å²) < 4.78 is 10.5. The van der Waals surface area contributed by atoms with Gasteiger partial charge in [0.15, 0.2) is 11.6 Å². The number of furan rings is 1. The molecule has 0 radical (unpaired) electrons. The Morgan fingerprint density at radius 2 is 1.89 bits per heavy atom. The fraction of sp³-hybridized carbons (Fsp3) is 0.385. The van der Waals surface area contributed by atoms with Gasteiger partial charge in [0.25, 0.3) is 5.91 Å². The minimum atomic E-state index is -0.248. The van der Waals surface area contributed by atoms with E-state index in [1.165, 1.54) is 6.26 Å². The summed E-state index contributed by atoms with van der Waals surface area (Å²) in [5.41, 5.74) is 1.71. The number of aromatic nitrogens is 2. The third-order valence-electron chi connectivity index (χ3n) is 6.10. The van der Waals surface area contributed by atoms with Gasteiger partial charge in [0, 0.05) is 38.3 Å². The molecule has 0 saturated carbocycles. The van der Waals surface area contributed by atoms with Crippen LogP contribution >= 0.6 is 0 Å². The molecule has 4 rings (SSSR count). The average Bonchev–Trinajstić information content (AvgIpc) is 3.46. The van der Waals surface area contributed by atoms with Crippen LogP contribution in [-0.4, -0.2) is 78.2 Å². The normalized spacial score (nSPS) is 13.5. The molecule has 35 heavy (non-hydrogen) atoms. The predicted molar refractivity (Wildman–Crippen MR) is 132 cm³/mol. The number of unbranched alkanes of at least 4 members (excludes halogenated alkanes) is 1. The Labute approximate surface area is 205 Å². The minimum Gasteiger partial charge on any atom is -0.497 e. The number of nitrogens with zero attached hydrogens (tertiary/aromatic N) is 5. The second-order valence-corrected chi connectivity index (χ2v) is 8.43. The van der Waals surface area contributed by atoms with Crippen LogP contribution in [0.4, 0.5) is 5.82 Å². The maximum Gasteiger partial charge on any atom is 0.290 e. The monoisotopic (exact) mass is 477 g/mol. The summed E-state index contributed by atoms with van der Waals surface area (Å²) in [5, 5.41) is 8.79. The Morgan fingerprint density at radius 1 is 1.06 bits per heavy atom. The first kappa shape index (κ1) is 24.3. The highest BCUT2D eigenvalue weighted by Crippen LogP contribution is 2.23. The third-order valence-corrected chi connectivity index (χ3v) is 6.10. The van der Waals surface area contributed by atoms with Crippen LogP contribution in [0.3, 0.4) is 0 Å². The van der Waals surface area contributed by atoms with Crippen molar-refractivity contribution in [1.29, 1.82) is 0 Å². The van der Waals surface area contributed by atoms with Crippen molar-refractivity contribution in [3.05, 3.63) is 60.6 Å². The molecular formula is C26H31N5O4. The molecule has 3 heterocycles. The van der Waals surface area contributed by atoms with Crippen LogP contribution in [0.15, 0.2) is 59.2 Å². The molecule has 184 valence electrons. The molecule has 1 saturated heterocycles. The van der Waals surface area contributed by atoms with Gasteiger partial charge in [0.1, 0.15) is 12.3 Å². The van der Waals surface area contributed by atoms with E-state index in [4.69, 9.17) is 9.15 Å². The smallest absolute Gasteiger partial charge is 0.290 e. The number of benzene rings is 1. The molecule has 2 aromatic heterocycles. The van der Waals surface area contributed by atoms with Crippen molar-refractivity contribution in [2.45, 2.75) is 19.8 Å². The SMILES string of the molecule is CCCCN(CC(=O)N1CCN(c2ccc(-c3cccc(OC)c3)nn2)CC1)C(=O)c1ccco1. The number of hydrogen-bond acceptors (Lipinski definition) is 7. The molecular weight excluding hydrogens is 446 g/mol. The minimum absolute atomic E-state index is 0.0502. The molecule has 0 spiro atoms. The van der Waals surface area contributed by atoms with Gasteiger partial charge >= 0.3 is 0 Å². The van der Waals surface area contributed by atoms with Gasteiger partial charge in [-0.1, -0.05) is 25.5 Å². The number of methoxy groups -OCH3 is 1. The Kier molecular flexibility index (Phi) is 7.97. The Hall–Kier alpha value is -3.88. The van der Waals surface area contributed by atoms with Gasteiger partial charge in [-0.2, -0.15) is 0 Å². The summed E-state index contributed by atoms with van der Waals surface area (Å²) in [6.07, 6.45) is 3.24. The Bertz CT molecular complexity index is 1110. The summed E-state index contributed by atoms with van der Waals surface area (Å²) in [5.74, 6) is 1.51. The van der Waals surface area contributed by atoms with E-state index < -0.39 is 0 Å². The zero-order valence-corrected chi connectivity index (χ0v) is 20.2. The number of ether oxygens (including phenoxy) is 1. The molecule has 9 heteroatoms. The lowest BCUT2D eigenvalue weighted by molar-refractivity contribution is -0.132. The fourth-order valence-corrected chi connectivity index (χ4v) is 4.04. The molecule has 0 bridgehead atoms. The second kappa shape index (κ2) is 11.5. The predicted octanol–water partition coefficient (Wildman–Crippen LogP) is 3.34. The van der Waals surface area contributed by atoms with Gasteiger partial charge in [0.2, 0.25) is 5.91 Å². The summed E-state index contributed by atoms with van der Waals surface area (Å²) >= 11 is 0. The van der Waals surface area contributed by atoms with Crippen LogP contribution in [0, 0.1) is 0 Å². The van der Waals surface area contributed by atoms with Gasteiger partial charge in [-0.25, -0.2) is 0 Å². The fourth-order valence-electron chi connectivity index (χ4n) is 4.04. The highest BCUT2D eigenvalue weighted by Gasteiger charge is 2.26. The molecule has 3 aromatic rings. The number of carbonyl (C=O) groups excluding carboxylic acids is 2. The summed E-state index contributed by atoms with van der Waals surface area (Å²) in [4.78, 5) is 31.3. The van der Waals surface area contributed by atoms with E-state index in [9.17, 15) is 9.59 Å². The third kappa shape index (κ3) is 5.98. The summed E-state index contributed by atoms with van der Waals surface area (Å²) in [7, 11) is 1.64. The van der Waals surface area contributed by atoms with Crippen LogP contribution in [0.1, 0.15) is 30.3 Å². The van der Waals surface area contributed by atoms with Crippen molar-refractivity contribution in [2.24, 2.45) is 0 Å². The topological polar surface area (TPSA) is 92.0 Å². The molecule has 0 atom stereocenters. The molecule has 1 aliphatic rings. The van der Waals surface area contributed by atoms with Crippen molar-refractivity contribution >= 4 is 17.6 Å².